The summed E-state index contributed by atoms with van der Waals surface area (Å²) in [5, 5.41) is 1.29. The second-order valence-electron chi connectivity index (χ2n) is 6.13. The molecule has 3 heteroatoms. The van der Waals surface area contributed by atoms with E-state index in [-0.39, 0.29) is 0 Å². The molecule has 0 N–H and O–H groups in total. The van der Waals surface area contributed by atoms with Crippen molar-refractivity contribution in [1.29, 1.82) is 0 Å². The molecule has 0 radical (unpaired) electrons. The smallest absolute Gasteiger partial charge is 0.0552 e. The maximum Gasteiger partial charge on any atom is 0.0552 e. The highest BCUT2D eigenvalue weighted by atomic mass is 32.1. The normalized spacial score (nSPS) is 30.0. The average molecular weight is 272 g/mol. The van der Waals surface area contributed by atoms with E-state index in [1.165, 1.54) is 61.0 Å². The predicted molar refractivity (Wildman–Crippen MR) is 80.6 cm³/mol. The molecule has 0 amide bonds. The Bertz CT molecular complexity index is 569. The predicted octanol–water partition coefficient (Wildman–Crippen LogP) is 3.57. The van der Waals surface area contributed by atoms with Crippen LogP contribution in [0, 0.1) is 11.8 Å². The lowest BCUT2D eigenvalue weighted by atomic mass is 9.76. The van der Waals surface area contributed by atoms with E-state index in [2.05, 4.69) is 27.5 Å². The van der Waals surface area contributed by atoms with Gasteiger partial charge in [-0.3, -0.25) is 0 Å². The summed E-state index contributed by atoms with van der Waals surface area (Å²) in [5.41, 5.74) is 1.49. The minimum atomic E-state index is 0.944. The molecule has 100 valence electrons. The van der Waals surface area contributed by atoms with Crippen LogP contribution >= 0.6 is 11.5 Å². The van der Waals surface area contributed by atoms with E-state index in [9.17, 15) is 0 Å². The highest BCUT2D eigenvalue weighted by Gasteiger charge is 2.33. The third-order valence-electron chi connectivity index (χ3n) is 5.02. The van der Waals surface area contributed by atoms with Crippen LogP contribution in [0.3, 0.4) is 0 Å². The number of nitrogens with zero attached hydrogens (tertiary/aromatic N) is 2. The molecule has 19 heavy (non-hydrogen) atoms. The minimum absolute atomic E-state index is 0.944. The number of aromatic nitrogens is 1. The molecule has 2 aromatic rings. The Morgan fingerprint density at radius 1 is 1.26 bits per heavy atom. The van der Waals surface area contributed by atoms with Crippen molar-refractivity contribution in [2.75, 3.05) is 19.6 Å². The zero-order chi connectivity index (χ0) is 12.7. The molecule has 4 heterocycles. The number of rotatable bonds is 3. The van der Waals surface area contributed by atoms with Crippen LogP contribution in [0.5, 0.6) is 0 Å². The van der Waals surface area contributed by atoms with Gasteiger partial charge in [-0.2, -0.15) is 4.37 Å². The molecule has 0 aliphatic carbocycles. The molecule has 1 unspecified atom stereocenters. The third-order valence-corrected chi connectivity index (χ3v) is 5.78. The van der Waals surface area contributed by atoms with Crippen LogP contribution in [0.25, 0.3) is 10.1 Å². The van der Waals surface area contributed by atoms with Gasteiger partial charge in [-0.1, -0.05) is 12.1 Å². The van der Waals surface area contributed by atoms with E-state index in [4.69, 9.17) is 0 Å². The molecule has 3 saturated heterocycles. The van der Waals surface area contributed by atoms with E-state index >= 15 is 0 Å². The van der Waals surface area contributed by atoms with E-state index in [1.807, 2.05) is 6.20 Å². The Morgan fingerprint density at radius 3 is 2.95 bits per heavy atom. The quantitative estimate of drug-likeness (QED) is 0.849. The lowest BCUT2D eigenvalue weighted by molar-refractivity contribution is 0.0469. The van der Waals surface area contributed by atoms with Crippen molar-refractivity contribution < 1.29 is 0 Å². The molecule has 3 aliphatic rings. The first kappa shape index (κ1) is 11.9. The van der Waals surface area contributed by atoms with Crippen LogP contribution < -0.4 is 0 Å². The monoisotopic (exact) mass is 272 g/mol. The van der Waals surface area contributed by atoms with Gasteiger partial charge in [-0.15, -0.1) is 0 Å². The van der Waals surface area contributed by atoms with Gasteiger partial charge in [-0.05, 0) is 73.8 Å². The molecule has 1 aromatic carbocycles. The lowest BCUT2D eigenvalue weighted by Gasteiger charge is -2.45. The van der Waals surface area contributed by atoms with E-state index in [1.54, 1.807) is 11.5 Å². The van der Waals surface area contributed by atoms with Crippen LogP contribution in [0.4, 0.5) is 0 Å². The molecule has 2 nitrogen and oxygen atoms in total. The van der Waals surface area contributed by atoms with Gasteiger partial charge in [0.2, 0.25) is 0 Å². The molecular formula is C16H20N2S. The minimum Gasteiger partial charge on any atom is -0.303 e. The molecule has 1 atom stereocenters. The van der Waals surface area contributed by atoms with E-state index < -0.39 is 0 Å². The van der Waals surface area contributed by atoms with Gasteiger partial charge in [0.15, 0.2) is 0 Å². The Kier molecular flexibility index (Phi) is 3.04. The Morgan fingerprint density at radius 2 is 2.16 bits per heavy atom. The average Bonchev–Trinajstić information content (AvgIpc) is 2.94. The first-order valence-electron chi connectivity index (χ1n) is 7.44. The molecule has 1 aromatic heterocycles. The van der Waals surface area contributed by atoms with Crippen molar-refractivity contribution in [2.45, 2.75) is 25.7 Å². The number of hydrogen-bond donors (Lipinski definition) is 0. The van der Waals surface area contributed by atoms with Gasteiger partial charge < -0.3 is 4.90 Å². The van der Waals surface area contributed by atoms with Crippen molar-refractivity contribution >= 4 is 21.6 Å². The van der Waals surface area contributed by atoms with Gasteiger partial charge in [-0.25, -0.2) is 0 Å². The van der Waals surface area contributed by atoms with Gasteiger partial charge >= 0.3 is 0 Å². The Balaban J connectivity index is 1.44. The molecule has 5 rings (SSSR count). The van der Waals surface area contributed by atoms with Crippen LogP contribution in [0.1, 0.15) is 24.8 Å². The molecule has 0 spiro atoms. The standard InChI is InChI=1S/C16H20N2S/c1-3-14-10-17-19-16(14)9-12(1)2-4-15-11-18-7-5-13(15)6-8-18/h1,3,9-10,13,15H,2,4-8,11H2. The largest absolute Gasteiger partial charge is 0.303 e. The van der Waals surface area contributed by atoms with Gasteiger partial charge in [0, 0.05) is 18.1 Å². The van der Waals surface area contributed by atoms with Gasteiger partial charge in [0.25, 0.3) is 0 Å². The number of hydrogen-bond acceptors (Lipinski definition) is 3. The van der Waals surface area contributed by atoms with Gasteiger partial charge in [0.05, 0.1) is 4.70 Å². The summed E-state index contributed by atoms with van der Waals surface area (Å²) in [6.45, 7) is 4.06. The topological polar surface area (TPSA) is 16.1 Å². The zero-order valence-electron chi connectivity index (χ0n) is 11.2. The number of fused-ring (bicyclic) bond motifs is 4. The van der Waals surface area contributed by atoms with Crippen molar-refractivity contribution in [3.63, 3.8) is 0 Å². The van der Waals surface area contributed by atoms with Crippen molar-refractivity contribution in [2.24, 2.45) is 11.8 Å². The summed E-state index contributed by atoms with van der Waals surface area (Å²) in [6, 6.07) is 6.86. The number of piperidine rings is 3. The highest BCUT2D eigenvalue weighted by molar-refractivity contribution is 7.13. The summed E-state index contributed by atoms with van der Waals surface area (Å²) in [6.07, 6.45) is 7.46. The van der Waals surface area contributed by atoms with Crippen molar-refractivity contribution in [3.8, 4) is 0 Å². The highest BCUT2D eigenvalue weighted by Crippen LogP contribution is 2.35. The summed E-state index contributed by atoms with van der Waals surface area (Å²) in [7, 11) is 0. The summed E-state index contributed by atoms with van der Waals surface area (Å²) in [4.78, 5) is 2.66. The first-order chi connectivity index (χ1) is 9.38. The summed E-state index contributed by atoms with van der Waals surface area (Å²) < 4.78 is 5.60. The zero-order valence-corrected chi connectivity index (χ0v) is 12.0. The van der Waals surface area contributed by atoms with Crippen LogP contribution in [0.2, 0.25) is 0 Å². The fourth-order valence-electron chi connectivity index (χ4n) is 3.83. The molecular weight excluding hydrogens is 252 g/mol. The molecule has 0 saturated carbocycles. The number of aryl methyl sites for hydroxylation is 1. The SMILES string of the molecule is c1cc2cnsc2cc1CCC1CN2CCC1CC2. The maximum absolute atomic E-state index is 4.26. The molecule has 2 bridgehead atoms. The van der Waals surface area contributed by atoms with Crippen LogP contribution in [-0.4, -0.2) is 28.9 Å². The second-order valence-corrected chi connectivity index (χ2v) is 6.97. The summed E-state index contributed by atoms with van der Waals surface area (Å²) in [5.74, 6) is 1.96. The second kappa shape index (κ2) is 4.88. The first-order valence-corrected chi connectivity index (χ1v) is 8.21. The van der Waals surface area contributed by atoms with Gasteiger partial charge in [0.1, 0.15) is 0 Å². The summed E-state index contributed by atoms with van der Waals surface area (Å²) >= 11 is 1.62. The van der Waals surface area contributed by atoms with E-state index in [0.29, 0.717) is 0 Å². The molecule has 3 aliphatic heterocycles. The van der Waals surface area contributed by atoms with Crippen molar-refractivity contribution in [3.05, 3.63) is 30.0 Å². The number of benzene rings is 1. The fraction of sp³-hybridized carbons (Fsp3) is 0.562. The van der Waals surface area contributed by atoms with Crippen LogP contribution in [-0.2, 0) is 6.42 Å². The van der Waals surface area contributed by atoms with E-state index in [0.717, 1.165) is 11.8 Å². The fourth-order valence-corrected chi connectivity index (χ4v) is 4.54. The molecule has 3 fully saturated rings. The third kappa shape index (κ3) is 2.30. The lowest BCUT2D eigenvalue weighted by Crippen LogP contribution is -2.47. The maximum atomic E-state index is 4.26. The van der Waals surface area contributed by atoms with Crippen molar-refractivity contribution in [1.82, 2.24) is 9.27 Å². The Hall–Kier alpha value is -0.930. The van der Waals surface area contributed by atoms with Crippen LogP contribution in [0.15, 0.2) is 24.4 Å². The Labute approximate surface area is 118 Å².